The quantitative estimate of drug-likeness (QED) is 0.574. The fraction of sp³-hybridized carbons (Fsp3) is 0.125. The van der Waals surface area contributed by atoms with Crippen LogP contribution in [0.2, 0.25) is 0 Å². The Labute approximate surface area is 95.6 Å². The second-order valence-electron chi connectivity index (χ2n) is 2.98. The summed E-state index contributed by atoms with van der Waals surface area (Å²) < 4.78 is 1.78. The van der Waals surface area contributed by atoms with Crippen molar-refractivity contribution in [3.8, 4) is 0 Å². The van der Waals surface area contributed by atoms with Gasteiger partial charge < -0.3 is 10.3 Å². The minimum atomic E-state index is -0.0947. The van der Waals surface area contributed by atoms with Crippen molar-refractivity contribution in [1.82, 2.24) is 24.7 Å². The Balaban J connectivity index is 2.17. The Morgan fingerprint density at radius 1 is 1.44 bits per heavy atom. The van der Waals surface area contributed by atoms with Crippen LogP contribution in [0.5, 0.6) is 0 Å². The van der Waals surface area contributed by atoms with Crippen LogP contribution in [0.15, 0.2) is 28.9 Å². The summed E-state index contributed by atoms with van der Waals surface area (Å²) in [6, 6.07) is 0. The number of nitrogens with two attached hydrogens (primary N) is 1. The van der Waals surface area contributed by atoms with E-state index in [2.05, 4.69) is 20.2 Å². The summed E-state index contributed by atoms with van der Waals surface area (Å²) in [5, 5.41) is 16.2. The number of hydrogen-bond donors (Lipinski definition) is 2. The topological polar surface area (TPSA) is 106 Å². The molecule has 0 aliphatic carbocycles. The van der Waals surface area contributed by atoms with Crippen LogP contribution in [0.25, 0.3) is 0 Å². The average molecular weight is 235 g/mol. The standard InChI is InChI=1S/C8H9N7S/c1-15-4-13-14-8(15)16-6-3-11-5(2-12-6)7(9)10/h2-4H,1H3,(H3,9,10). The highest BCUT2D eigenvalue weighted by atomic mass is 32.2. The number of hydrogen-bond acceptors (Lipinski definition) is 6. The summed E-state index contributed by atoms with van der Waals surface area (Å²) in [7, 11) is 1.85. The molecule has 0 aromatic carbocycles. The molecule has 0 bridgehead atoms. The molecule has 0 amide bonds. The summed E-state index contributed by atoms with van der Waals surface area (Å²) >= 11 is 1.35. The molecule has 0 saturated heterocycles. The number of aromatic nitrogens is 5. The van der Waals surface area contributed by atoms with Crippen LogP contribution in [-0.4, -0.2) is 30.6 Å². The van der Waals surface area contributed by atoms with E-state index in [1.807, 2.05) is 7.05 Å². The van der Waals surface area contributed by atoms with E-state index in [0.717, 1.165) is 5.16 Å². The Kier molecular flexibility index (Phi) is 2.82. The molecule has 3 N–H and O–H groups in total. The predicted molar refractivity (Wildman–Crippen MR) is 58.2 cm³/mol. The highest BCUT2D eigenvalue weighted by molar-refractivity contribution is 7.99. The van der Waals surface area contributed by atoms with Crippen LogP contribution in [0, 0.1) is 5.41 Å². The minimum absolute atomic E-state index is 0.0947. The van der Waals surface area contributed by atoms with Gasteiger partial charge in [0.05, 0.1) is 12.4 Å². The lowest BCUT2D eigenvalue weighted by atomic mass is 10.4. The van der Waals surface area contributed by atoms with E-state index in [4.69, 9.17) is 11.1 Å². The van der Waals surface area contributed by atoms with E-state index in [1.54, 1.807) is 17.1 Å². The van der Waals surface area contributed by atoms with Crippen molar-refractivity contribution >= 4 is 17.6 Å². The molecule has 7 nitrogen and oxygen atoms in total. The van der Waals surface area contributed by atoms with Crippen molar-refractivity contribution in [2.45, 2.75) is 10.2 Å². The second kappa shape index (κ2) is 4.27. The molecule has 0 aliphatic heterocycles. The number of nitrogens with one attached hydrogen (secondary N) is 1. The third-order valence-corrected chi connectivity index (χ3v) is 2.74. The smallest absolute Gasteiger partial charge is 0.197 e. The van der Waals surface area contributed by atoms with Crippen LogP contribution in [0.1, 0.15) is 5.69 Å². The molecule has 2 heterocycles. The average Bonchev–Trinajstić information content (AvgIpc) is 2.65. The molecule has 0 radical (unpaired) electrons. The third-order valence-electron chi connectivity index (χ3n) is 1.77. The summed E-state index contributed by atoms with van der Waals surface area (Å²) in [6.45, 7) is 0. The van der Waals surface area contributed by atoms with Gasteiger partial charge in [-0.05, 0) is 11.8 Å². The zero-order valence-electron chi connectivity index (χ0n) is 8.45. The maximum absolute atomic E-state index is 7.18. The van der Waals surface area contributed by atoms with Gasteiger partial charge in [-0.3, -0.25) is 5.41 Å². The zero-order valence-corrected chi connectivity index (χ0v) is 9.27. The zero-order chi connectivity index (χ0) is 11.5. The van der Waals surface area contributed by atoms with Crippen molar-refractivity contribution < 1.29 is 0 Å². The van der Waals surface area contributed by atoms with Gasteiger partial charge in [-0.25, -0.2) is 9.97 Å². The number of amidine groups is 1. The van der Waals surface area contributed by atoms with Crippen LogP contribution >= 0.6 is 11.8 Å². The molecule has 0 spiro atoms. The largest absolute Gasteiger partial charge is 0.382 e. The predicted octanol–water partition coefficient (Wildman–Crippen LogP) is 0.0404. The first-order valence-electron chi connectivity index (χ1n) is 4.35. The van der Waals surface area contributed by atoms with Gasteiger partial charge in [0.1, 0.15) is 22.9 Å². The van der Waals surface area contributed by atoms with E-state index >= 15 is 0 Å². The molecule has 0 fully saturated rings. The van der Waals surface area contributed by atoms with Gasteiger partial charge in [0, 0.05) is 7.05 Å². The number of rotatable bonds is 3. The second-order valence-corrected chi connectivity index (χ2v) is 3.97. The van der Waals surface area contributed by atoms with E-state index in [0.29, 0.717) is 10.7 Å². The SMILES string of the molecule is Cn1cnnc1Sc1cnc(C(=N)N)cn1. The van der Waals surface area contributed by atoms with Gasteiger partial charge in [0.25, 0.3) is 0 Å². The van der Waals surface area contributed by atoms with E-state index in [1.165, 1.54) is 18.0 Å². The molecular weight excluding hydrogens is 226 g/mol. The van der Waals surface area contributed by atoms with Gasteiger partial charge in [0.2, 0.25) is 0 Å². The highest BCUT2D eigenvalue weighted by Gasteiger charge is 2.06. The molecule has 16 heavy (non-hydrogen) atoms. The van der Waals surface area contributed by atoms with E-state index in [-0.39, 0.29) is 5.84 Å². The fourth-order valence-corrected chi connectivity index (χ4v) is 1.64. The third kappa shape index (κ3) is 2.16. The molecule has 0 atom stereocenters. The summed E-state index contributed by atoms with van der Waals surface area (Å²) in [5.74, 6) is -0.0947. The van der Waals surface area contributed by atoms with Gasteiger partial charge in [-0.2, -0.15) is 0 Å². The van der Waals surface area contributed by atoms with Crippen LogP contribution in [0.4, 0.5) is 0 Å². The number of nitrogen functional groups attached to an aromatic ring is 1. The van der Waals surface area contributed by atoms with Crippen molar-refractivity contribution in [3.63, 3.8) is 0 Å². The minimum Gasteiger partial charge on any atom is -0.382 e. The van der Waals surface area contributed by atoms with Crippen LogP contribution < -0.4 is 5.73 Å². The Hall–Kier alpha value is -1.96. The lowest BCUT2D eigenvalue weighted by Crippen LogP contribution is -2.13. The molecule has 0 saturated carbocycles. The lowest BCUT2D eigenvalue weighted by molar-refractivity contribution is 0.786. The molecule has 2 rings (SSSR count). The normalized spacial score (nSPS) is 10.3. The first-order chi connectivity index (χ1) is 7.66. The first kappa shape index (κ1) is 10.6. The van der Waals surface area contributed by atoms with Crippen molar-refractivity contribution in [2.75, 3.05) is 0 Å². The van der Waals surface area contributed by atoms with Crippen molar-refractivity contribution in [1.29, 1.82) is 5.41 Å². The molecule has 2 aromatic rings. The van der Waals surface area contributed by atoms with Gasteiger partial charge >= 0.3 is 0 Å². The van der Waals surface area contributed by atoms with Crippen molar-refractivity contribution in [2.24, 2.45) is 12.8 Å². The van der Waals surface area contributed by atoms with Crippen LogP contribution in [-0.2, 0) is 7.05 Å². The summed E-state index contributed by atoms with van der Waals surface area (Å²) in [4.78, 5) is 8.11. The number of aryl methyl sites for hydroxylation is 1. The lowest BCUT2D eigenvalue weighted by Gasteiger charge is -2.00. The molecule has 8 heteroatoms. The molecule has 0 aliphatic rings. The van der Waals surface area contributed by atoms with Gasteiger partial charge in [0.15, 0.2) is 5.16 Å². The van der Waals surface area contributed by atoms with Gasteiger partial charge in [-0.15, -0.1) is 10.2 Å². The molecule has 82 valence electrons. The Morgan fingerprint density at radius 3 is 2.75 bits per heavy atom. The molecule has 2 aromatic heterocycles. The highest BCUT2D eigenvalue weighted by Crippen LogP contribution is 2.21. The molecular formula is C8H9N7S. The molecule has 0 unspecified atom stereocenters. The van der Waals surface area contributed by atoms with Gasteiger partial charge in [-0.1, -0.05) is 0 Å². The maximum atomic E-state index is 7.18. The van der Waals surface area contributed by atoms with Crippen molar-refractivity contribution in [3.05, 3.63) is 24.4 Å². The summed E-state index contributed by atoms with van der Waals surface area (Å²) in [6.07, 6.45) is 4.62. The van der Waals surface area contributed by atoms with E-state index < -0.39 is 0 Å². The fourth-order valence-electron chi connectivity index (χ4n) is 0.967. The monoisotopic (exact) mass is 235 g/mol. The Morgan fingerprint density at radius 2 is 2.25 bits per heavy atom. The van der Waals surface area contributed by atoms with Crippen LogP contribution in [0.3, 0.4) is 0 Å². The first-order valence-corrected chi connectivity index (χ1v) is 5.17. The van der Waals surface area contributed by atoms with E-state index in [9.17, 15) is 0 Å². The summed E-state index contributed by atoms with van der Waals surface area (Å²) in [5.41, 5.74) is 5.63. The Bertz CT molecular complexity index is 503. The number of nitrogens with zero attached hydrogens (tertiary/aromatic N) is 5. The maximum Gasteiger partial charge on any atom is 0.197 e.